The maximum absolute atomic E-state index is 12.3. The van der Waals surface area contributed by atoms with E-state index in [9.17, 15) is 4.79 Å². The molecule has 1 aliphatic carbocycles. The molecule has 0 aliphatic heterocycles. The van der Waals surface area contributed by atoms with Crippen LogP contribution in [0.2, 0.25) is 0 Å². The second-order valence-electron chi connectivity index (χ2n) is 6.01. The Kier molecular flexibility index (Phi) is 3.96. The summed E-state index contributed by atoms with van der Waals surface area (Å²) in [6.45, 7) is 0.257. The molecule has 0 atom stereocenters. The van der Waals surface area contributed by atoms with Crippen molar-refractivity contribution in [3.8, 4) is 11.1 Å². The highest BCUT2D eigenvalue weighted by molar-refractivity contribution is 5.86. The number of amides is 1. The molecule has 3 aromatic carbocycles. The number of carbonyl (C=O) groups is 1. The van der Waals surface area contributed by atoms with Gasteiger partial charge in [-0.25, -0.2) is 15.6 Å². The fourth-order valence-corrected chi connectivity index (χ4v) is 3.36. The third kappa shape index (κ3) is 2.77. The molecule has 3 aromatic rings. The molecule has 1 amide bonds. The molecule has 0 spiro atoms. The predicted octanol–water partition coefficient (Wildman–Crippen LogP) is 4.32. The van der Waals surface area contributed by atoms with Crippen LogP contribution in [0.5, 0.6) is 0 Å². The van der Waals surface area contributed by atoms with Crippen LogP contribution in [0.4, 0.5) is 10.5 Å². The van der Waals surface area contributed by atoms with Crippen molar-refractivity contribution in [1.29, 1.82) is 0 Å². The van der Waals surface area contributed by atoms with Crippen molar-refractivity contribution >= 4 is 11.8 Å². The SMILES string of the molecule is NN(C(=O)OCC1c2ccccc2-c2ccccc21)c1ccccc1. The number of nitrogens with two attached hydrogens (primary N) is 1. The quantitative estimate of drug-likeness (QED) is 0.442. The first-order chi connectivity index (χ1) is 12.3. The number of hydrogen-bond acceptors (Lipinski definition) is 3. The van der Waals surface area contributed by atoms with E-state index >= 15 is 0 Å². The lowest BCUT2D eigenvalue weighted by Crippen LogP contribution is -2.38. The minimum absolute atomic E-state index is 0.0283. The van der Waals surface area contributed by atoms with E-state index in [1.54, 1.807) is 12.1 Å². The summed E-state index contributed by atoms with van der Waals surface area (Å²) in [4.78, 5) is 12.3. The molecular weight excluding hydrogens is 312 g/mol. The largest absolute Gasteiger partial charge is 0.447 e. The second-order valence-corrected chi connectivity index (χ2v) is 6.01. The zero-order valence-corrected chi connectivity index (χ0v) is 13.6. The van der Waals surface area contributed by atoms with Gasteiger partial charge in [-0.3, -0.25) is 0 Å². The Bertz CT molecular complexity index is 863. The summed E-state index contributed by atoms with van der Waals surface area (Å²) in [7, 11) is 0. The average molecular weight is 330 g/mol. The number of ether oxygens (including phenoxy) is 1. The van der Waals surface area contributed by atoms with Gasteiger partial charge in [0, 0.05) is 5.92 Å². The molecule has 0 saturated heterocycles. The van der Waals surface area contributed by atoms with Gasteiger partial charge in [-0.2, -0.15) is 0 Å². The average Bonchev–Trinajstić information content (AvgIpc) is 3.00. The van der Waals surface area contributed by atoms with Crippen molar-refractivity contribution in [2.45, 2.75) is 5.92 Å². The van der Waals surface area contributed by atoms with Crippen LogP contribution >= 0.6 is 0 Å². The number of carbonyl (C=O) groups excluding carboxylic acids is 1. The first-order valence-electron chi connectivity index (χ1n) is 8.20. The van der Waals surface area contributed by atoms with Crippen LogP contribution in [0.15, 0.2) is 78.9 Å². The van der Waals surface area contributed by atoms with Crippen molar-refractivity contribution < 1.29 is 9.53 Å². The van der Waals surface area contributed by atoms with Gasteiger partial charge in [-0.1, -0.05) is 66.7 Å². The van der Waals surface area contributed by atoms with Gasteiger partial charge in [-0.15, -0.1) is 0 Å². The molecule has 0 bridgehead atoms. The van der Waals surface area contributed by atoms with E-state index < -0.39 is 6.09 Å². The highest BCUT2D eigenvalue weighted by atomic mass is 16.6. The fourth-order valence-electron chi connectivity index (χ4n) is 3.36. The monoisotopic (exact) mass is 330 g/mol. The van der Waals surface area contributed by atoms with Crippen molar-refractivity contribution in [2.24, 2.45) is 5.84 Å². The Hall–Kier alpha value is -3.11. The lowest BCUT2D eigenvalue weighted by atomic mass is 9.98. The summed E-state index contributed by atoms with van der Waals surface area (Å²) in [5, 5.41) is 1.03. The minimum Gasteiger partial charge on any atom is -0.447 e. The zero-order chi connectivity index (χ0) is 17.2. The lowest BCUT2D eigenvalue weighted by Gasteiger charge is -2.19. The molecule has 0 radical (unpaired) electrons. The van der Waals surface area contributed by atoms with Crippen LogP contribution in [0.3, 0.4) is 0 Å². The smallest absolute Gasteiger partial charge is 0.428 e. The van der Waals surface area contributed by atoms with E-state index in [4.69, 9.17) is 10.6 Å². The Morgan fingerprint density at radius 1 is 0.840 bits per heavy atom. The van der Waals surface area contributed by atoms with Gasteiger partial charge in [-0.05, 0) is 34.4 Å². The Labute approximate surface area is 146 Å². The third-order valence-electron chi connectivity index (χ3n) is 4.57. The number of para-hydroxylation sites is 1. The van der Waals surface area contributed by atoms with Gasteiger partial charge in [0.15, 0.2) is 0 Å². The number of rotatable bonds is 3. The molecule has 0 saturated carbocycles. The molecule has 4 nitrogen and oxygen atoms in total. The third-order valence-corrected chi connectivity index (χ3v) is 4.57. The molecule has 0 aromatic heterocycles. The maximum atomic E-state index is 12.3. The Morgan fingerprint density at radius 2 is 1.36 bits per heavy atom. The van der Waals surface area contributed by atoms with E-state index in [1.165, 1.54) is 22.3 Å². The molecule has 0 unspecified atom stereocenters. The number of fused-ring (bicyclic) bond motifs is 3. The maximum Gasteiger partial charge on any atom is 0.428 e. The van der Waals surface area contributed by atoms with Gasteiger partial charge in [0.1, 0.15) is 6.61 Å². The van der Waals surface area contributed by atoms with Crippen LogP contribution in [-0.4, -0.2) is 12.7 Å². The van der Waals surface area contributed by atoms with E-state index in [0.29, 0.717) is 5.69 Å². The van der Waals surface area contributed by atoms with Crippen molar-refractivity contribution in [3.63, 3.8) is 0 Å². The van der Waals surface area contributed by atoms with E-state index in [0.717, 1.165) is 5.01 Å². The van der Waals surface area contributed by atoms with E-state index in [2.05, 4.69) is 24.3 Å². The summed E-state index contributed by atoms with van der Waals surface area (Å²) < 4.78 is 5.52. The number of hydrazine groups is 1. The van der Waals surface area contributed by atoms with Gasteiger partial charge in [0.05, 0.1) is 5.69 Å². The fraction of sp³-hybridized carbons (Fsp3) is 0.0952. The van der Waals surface area contributed by atoms with Gasteiger partial charge >= 0.3 is 6.09 Å². The number of nitrogens with zero attached hydrogens (tertiary/aromatic N) is 1. The van der Waals surface area contributed by atoms with Crippen molar-refractivity contribution in [3.05, 3.63) is 90.0 Å². The van der Waals surface area contributed by atoms with Gasteiger partial charge in [0.2, 0.25) is 0 Å². The predicted molar refractivity (Wildman–Crippen MR) is 98.2 cm³/mol. The standard InChI is InChI=1S/C21H18N2O2/c22-23(15-8-2-1-3-9-15)21(24)25-14-20-18-12-6-4-10-16(18)17-11-5-7-13-19(17)20/h1-13,20H,14,22H2. The molecule has 0 fully saturated rings. The molecule has 2 N–H and O–H groups in total. The molecular formula is C21H18N2O2. The van der Waals surface area contributed by atoms with Crippen LogP contribution in [0.25, 0.3) is 11.1 Å². The summed E-state index contributed by atoms with van der Waals surface area (Å²) in [5.41, 5.74) is 5.36. The summed E-state index contributed by atoms with van der Waals surface area (Å²) in [5.74, 6) is 5.90. The molecule has 4 rings (SSSR count). The van der Waals surface area contributed by atoms with Crippen LogP contribution in [0.1, 0.15) is 17.0 Å². The molecule has 25 heavy (non-hydrogen) atoms. The number of benzene rings is 3. The van der Waals surface area contributed by atoms with E-state index in [1.807, 2.05) is 42.5 Å². The van der Waals surface area contributed by atoms with Gasteiger partial charge in [0.25, 0.3) is 0 Å². The first kappa shape index (κ1) is 15.4. The highest BCUT2D eigenvalue weighted by Crippen LogP contribution is 2.44. The summed E-state index contributed by atoms with van der Waals surface area (Å²) in [6.07, 6.45) is -0.562. The summed E-state index contributed by atoms with van der Waals surface area (Å²) >= 11 is 0. The molecule has 0 heterocycles. The van der Waals surface area contributed by atoms with Crippen LogP contribution < -0.4 is 10.9 Å². The number of anilines is 1. The van der Waals surface area contributed by atoms with Crippen molar-refractivity contribution in [1.82, 2.24) is 0 Å². The van der Waals surface area contributed by atoms with Crippen LogP contribution in [-0.2, 0) is 4.74 Å². The highest BCUT2D eigenvalue weighted by Gasteiger charge is 2.29. The Balaban J connectivity index is 1.54. The number of hydrogen-bond donors (Lipinski definition) is 1. The Morgan fingerprint density at radius 3 is 1.96 bits per heavy atom. The second kappa shape index (κ2) is 6.42. The topological polar surface area (TPSA) is 55.6 Å². The van der Waals surface area contributed by atoms with Gasteiger partial charge < -0.3 is 4.74 Å². The zero-order valence-electron chi connectivity index (χ0n) is 13.6. The van der Waals surface area contributed by atoms with Crippen LogP contribution in [0, 0.1) is 0 Å². The lowest BCUT2D eigenvalue weighted by molar-refractivity contribution is 0.150. The molecule has 124 valence electrons. The first-order valence-corrected chi connectivity index (χ1v) is 8.20. The minimum atomic E-state index is -0.562. The van der Waals surface area contributed by atoms with E-state index in [-0.39, 0.29) is 12.5 Å². The normalized spacial score (nSPS) is 12.4. The summed E-state index contributed by atoms with van der Waals surface area (Å²) in [6, 6.07) is 25.5. The molecule has 4 heteroatoms. The molecule has 1 aliphatic rings. The van der Waals surface area contributed by atoms with Crippen molar-refractivity contribution in [2.75, 3.05) is 11.6 Å².